The predicted octanol–water partition coefficient (Wildman–Crippen LogP) is 2.95. The van der Waals surface area contributed by atoms with Gasteiger partial charge in [-0.05, 0) is 62.1 Å². The van der Waals surface area contributed by atoms with Crippen LogP contribution in [-0.4, -0.2) is 17.9 Å². The molecule has 4 rings (SSSR count). The Morgan fingerprint density at radius 1 is 1.05 bits per heavy atom. The van der Waals surface area contributed by atoms with Crippen molar-refractivity contribution in [1.82, 2.24) is 5.32 Å². The van der Waals surface area contributed by atoms with E-state index in [1.54, 1.807) is 12.1 Å². The fourth-order valence-electron chi connectivity index (χ4n) is 4.04. The first-order valence-electron chi connectivity index (χ1n) is 8.41. The average molecular weight is 298 g/mol. The molecule has 0 heterocycles. The summed E-state index contributed by atoms with van der Waals surface area (Å²) in [6.45, 7) is 0. The number of amides is 2. The van der Waals surface area contributed by atoms with Gasteiger partial charge < -0.3 is 10.6 Å². The molecule has 0 unspecified atom stereocenters. The minimum absolute atomic E-state index is 0.0430. The third-order valence-corrected chi connectivity index (χ3v) is 5.38. The van der Waals surface area contributed by atoms with Gasteiger partial charge in [0.2, 0.25) is 5.91 Å². The van der Waals surface area contributed by atoms with Crippen molar-refractivity contribution < 1.29 is 9.59 Å². The first-order chi connectivity index (χ1) is 10.7. The highest BCUT2D eigenvalue weighted by atomic mass is 16.2. The Bertz CT molecular complexity index is 609. The number of benzene rings is 1. The van der Waals surface area contributed by atoms with Gasteiger partial charge in [-0.2, -0.15) is 0 Å². The highest BCUT2D eigenvalue weighted by Gasteiger charge is 2.43. The van der Waals surface area contributed by atoms with Crippen LogP contribution in [0.25, 0.3) is 0 Å². The molecule has 0 aromatic heterocycles. The third-order valence-electron chi connectivity index (χ3n) is 5.38. The number of anilines is 1. The summed E-state index contributed by atoms with van der Waals surface area (Å²) in [6.07, 6.45) is 6.91. The molecule has 0 aliphatic heterocycles. The van der Waals surface area contributed by atoms with Crippen molar-refractivity contribution in [3.05, 3.63) is 29.8 Å². The van der Waals surface area contributed by atoms with Crippen molar-refractivity contribution >= 4 is 17.5 Å². The van der Waals surface area contributed by atoms with Gasteiger partial charge in [0, 0.05) is 23.2 Å². The summed E-state index contributed by atoms with van der Waals surface area (Å²) in [5.74, 6) is 1.59. The minimum Gasteiger partial charge on any atom is -0.349 e. The maximum absolute atomic E-state index is 12.5. The Labute approximate surface area is 130 Å². The number of rotatable bonds is 4. The van der Waals surface area contributed by atoms with E-state index in [4.69, 9.17) is 0 Å². The fourth-order valence-corrected chi connectivity index (χ4v) is 4.04. The summed E-state index contributed by atoms with van der Waals surface area (Å²) in [7, 11) is 0. The molecule has 2 bridgehead atoms. The number of nitrogens with one attached hydrogen (secondary N) is 2. The second-order valence-corrected chi connectivity index (χ2v) is 7.10. The van der Waals surface area contributed by atoms with Crippen molar-refractivity contribution in [2.75, 3.05) is 5.32 Å². The van der Waals surface area contributed by atoms with Gasteiger partial charge >= 0.3 is 0 Å². The molecule has 22 heavy (non-hydrogen) atoms. The van der Waals surface area contributed by atoms with Crippen LogP contribution in [0.4, 0.5) is 5.69 Å². The zero-order valence-corrected chi connectivity index (χ0v) is 12.7. The summed E-state index contributed by atoms with van der Waals surface area (Å²) in [6, 6.07) is 7.62. The van der Waals surface area contributed by atoms with Crippen molar-refractivity contribution in [2.24, 2.45) is 17.8 Å². The second-order valence-electron chi connectivity index (χ2n) is 7.10. The number of carbonyl (C=O) groups excluding carboxylic acids is 2. The van der Waals surface area contributed by atoms with E-state index in [2.05, 4.69) is 10.6 Å². The Morgan fingerprint density at radius 2 is 1.91 bits per heavy atom. The topological polar surface area (TPSA) is 58.2 Å². The molecule has 2 N–H and O–H groups in total. The monoisotopic (exact) mass is 298 g/mol. The number of carbonyl (C=O) groups is 2. The van der Waals surface area contributed by atoms with Crippen LogP contribution < -0.4 is 10.6 Å². The van der Waals surface area contributed by atoms with E-state index in [0.717, 1.165) is 30.9 Å². The number of fused-ring (bicyclic) bond motifs is 2. The molecule has 0 spiro atoms. The lowest BCUT2D eigenvalue weighted by Crippen LogP contribution is -2.28. The van der Waals surface area contributed by atoms with E-state index in [-0.39, 0.29) is 17.7 Å². The van der Waals surface area contributed by atoms with Crippen molar-refractivity contribution in [2.45, 2.75) is 44.6 Å². The lowest BCUT2D eigenvalue weighted by molar-refractivity contribution is -0.121. The number of hydrogen-bond acceptors (Lipinski definition) is 2. The van der Waals surface area contributed by atoms with E-state index in [1.807, 2.05) is 12.1 Å². The Morgan fingerprint density at radius 3 is 2.59 bits per heavy atom. The molecule has 3 saturated carbocycles. The van der Waals surface area contributed by atoms with E-state index < -0.39 is 0 Å². The van der Waals surface area contributed by atoms with E-state index in [9.17, 15) is 9.59 Å². The molecule has 4 nitrogen and oxygen atoms in total. The highest BCUT2D eigenvalue weighted by Crippen LogP contribution is 2.48. The Balaban J connectivity index is 1.41. The molecule has 0 saturated heterocycles. The molecule has 2 amide bonds. The van der Waals surface area contributed by atoms with Gasteiger partial charge in [0.15, 0.2) is 0 Å². The molecule has 1 aromatic rings. The molecule has 3 atom stereocenters. The first kappa shape index (κ1) is 13.8. The van der Waals surface area contributed by atoms with Gasteiger partial charge in [0.25, 0.3) is 5.91 Å². The van der Waals surface area contributed by atoms with Gasteiger partial charge in [-0.1, -0.05) is 12.5 Å². The van der Waals surface area contributed by atoms with Crippen LogP contribution >= 0.6 is 0 Å². The van der Waals surface area contributed by atoms with Gasteiger partial charge in [0.05, 0.1) is 0 Å². The standard InChI is InChI=1S/C18H22N2O2/c21-17(19-14-6-7-14)13-2-1-3-15(10-13)20-18(22)16-9-11-4-5-12(16)8-11/h1-3,10-12,14,16H,4-9H2,(H,19,21)(H,20,22)/t11-,12-,16-/m0/s1. The quantitative estimate of drug-likeness (QED) is 0.898. The van der Waals surface area contributed by atoms with Crippen LogP contribution in [0.5, 0.6) is 0 Å². The van der Waals surface area contributed by atoms with Crippen LogP contribution in [-0.2, 0) is 4.79 Å². The van der Waals surface area contributed by atoms with Crippen molar-refractivity contribution in [1.29, 1.82) is 0 Å². The summed E-state index contributed by atoms with van der Waals surface area (Å²) < 4.78 is 0. The first-order valence-corrected chi connectivity index (χ1v) is 8.41. The Hall–Kier alpha value is -1.84. The van der Waals surface area contributed by atoms with E-state index >= 15 is 0 Å². The fraction of sp³-hybridized carbons (Fsp3) is 0.556. The summed E-state index contributed by atoms with van der Waals surface area (Å²) in [5, 5.41) is 5.99. The lowest BCUT2D eigenvalue weighted by Gasteiger charge is -2.20. The molecule has 3 fully saturated rings. The molecular weight excluding hydrogens is 276 g/mol. The maximum atomic E-state index is 12.5. The van der Waals surface area contributed by atoms with Gasteiger partial charge in [-0.3, -0.25) is 9.59 Å². The third kappa shape index (κ3) is 2.74. The van der Waals surface area contributed by atoms with Gasteiger partial charge in [0.1, 0.15) is 0 Å². The minimum atomic E-state index is -0.0430. The molecule has 4 heteroatoms. The largest absolute Gasteiger partial charge is 0.349 e. The molecule has 0 radical (unpaired) electrons. The van der Waals surface area contributed by atoms with E-state index in [0.29, 0.717) is 17.5 Å². The molecule has 3 aliphatic carbocycles. The summed E-state index contributed by atoms with van der Waals surface area (Å²) in [4.78, 5) is 24.5. The predicted molar refractivity (Wildman–Crippen MR) is 84.5 cm³/mol. The van der Waals surface area contributed by atoms with Crippen LogP contribution in [0, 0.1) is 17.8 Å². The molecular formula is C18H22N2O2. The van der Waals surface area contributed by atoms with Gasteiger partial charge in [-0.25, -0.2) is 0 Å². The SMILES string of the molecule is O=C(NC1CC1)c1cccc(NC(=O)[C@H]2C[C@H]3CC[C@H]2C3)c1. The Kier molecular flexibility index (Phi) is 3.40. The maximum Gasteiger partial charge on any atom is 0.251 e. The zero-order chi connectivity index (χ0) is 15.1. The summed E-state index contributed by atoms with van der Waals surface area (Å²) >= 11 is 0. The van der Waals surface area contributed by atoms with Crippen molar-refractivity contribution in [3.63, 3.8) is 0 Å². The summed E-state index contributed by atoms with van der Waals surface area (Å²) in [5.41, 5.74) is 1.36. The smallest absolute Gasteiger partial charge is 0.251 e. The highest BCUT2D eigenvalue weighted by molar-refractivity contribution is 5.98. The van der Waals surface area contributed by atoms with Crippen molar-refractivity contribution in [3.8, 4) is 0 Å². The van der Waals surface area contributed by atoms with E-state index in [1.165, 1.54) is 19.3 Å². The average Bonchev–Trinajstić information content (AvgIpc) is 3.08. The van der Waals surface area contributed by atoms with Crippen LogP contribution in [0.2, 0.25) is 0 Å². The molecule has 1 aromatic carbocycles. The van der Waals surface area contributed by atoms with Crippen LogP contribution in [0.15, 0.2) is 24.3 Å². The zero-order valence-electron chi connectivity index (χ0n) is 12.7. The molecule has 116 valence electrons. The molecule has 3 aliphatic rings. The van der Waals surface area contributed by atoms with Crippen LogP contribution in [0.1, 0.15) is 48.9 Å². The van der Waals surface area contributed by atoms with Gasteiger partial charge in [-0.15, -0.1) is 0 Å². The lowest BCUT2D eigenvalue weighted by atomic mass is 9.88. The van der Waals surface area contributed by atoms with Crippen LogP contribution in [0.3, 0.4) is 0 Å². The normalized spacial score (nSPS) is 29.4. The number of hydrogen-bond donors (Lipinski definition) is 2. The second kappa shape index (κ2) is 5.41.